The van der Waals surface area contributed by atoms with E-state index in [1.807, 2.05) is 55.6 Å². The van der Waals surface area contributed by atoms with Gasteiger partial charge in [0, 0.05) is 25.7 Å². The van der Waals surface area contributed by atoms with Gasteiger partial charge in [0.15, 0.2) is 5.78 Å². The number of methoxy groups -OCH3 is 1. The first kappa shape index (κ1) is 15.5. The van der Waals surface area contributed by atoms with Crippen LogP contribution in [0.15, 0.2) is 60.7 Å². The number of fused-ring (bicyclic) bond motifs is 1. The van der Waals surface area contributed by atoms with Crippen molar-refractivity contribution in [2.75, 3.05) is 25.6 Å². The number of ether oxygens (including phenoxy) is 1. The largest absolute Gasteiger partial charge is 0.497 e. The van der Waals surface area contributed by atoms with E-state index in [2.05, 4.69) is 21.6 Å². The molecule has 1 aliphatic heterocycles. The van der Waals surface area contributed by atoms with E-state index < -0.39 is 0 Å². The highest BCUT2D eigenvalue weighted by Gasteiger charge is 2.28. The lowest BCUT2D eigenvalue weighted by atomic mass is 10.0. The van der Waals surface area contributed by atoms with Gasteiger partial charge in [0.2, 0.25) is 0 Å². The molecule has 1 aromatic heterocycles. The SMILES string of the molecule is COc1ccc(C(=O)c2cc(-c3ccccc3)n3c2N(C)CC3)cc1. The fourth-order valence-electron chi connectivity index (χ4n) is 3.45. The zero-order valence-electron chi connectivity index (χ0n) is 14.4. The summed E-state index contributed by atoms with van der Waals surface area (Å²) >= 11 is 0. The Morgan fingerprint density at radius 3 is 2.40 bits per heavy atom. The maximum atomic E-state index is 13.1. The van der Waals surface area contributed by atoms with Gasteiger partial charge < -0.3 is 14.2 Å². The van der Waals surface area contributed by atoms with Crippen molar-refractivity contribution in [3.05, 3.63) is 71.8 Å². The molecule has 0 saturated heterocycles. The summed E-state index contributed by atoms with van der Waals surface area (Å²) in [6.45, 7) is 1.81. The van der Waals surface area contributed by atoms with Crippen molar-refractivity contribution in [3.63, 3.8) is 0 Å². The number of ketones is 1. The topological polar surface area (TPSA) is 34.5 Å². The quantitative estimate of drug-likeness (QED) is 0.681. The van der Waals surface area contributed by atoms with E-state index in [0.717, 1.165) is 41.5 Å². The fourth-order valence-corrected chi connectivity index (χ4v) is 3.45. The summed E-state index contributed by atoms with van der Waals surface area (Å²) in [5, 5.41) is 0. The van der Waals surface area contributed by atoms with Gasteiger partial charge in [0.25, 0.3) is 0 Å². The van der Waals surface area contributed by atoms with Gasteiger partial charge in [-0.05, 0) is 35.9 Å². The van der Waals surface area contributed by atoms with Gasteiger partial charge in [-0.1, -0.05) is 30.3 Å². The predicted octanol–water partition coefficient (Wildman–Crippen LogP) is 3.84. The minimum absolute atomic E-state index is 0.0438. The van der Waals surface area contributed by atoms with Crippen molar-refractivity contribution in [3.8, 4) is 17.0 Å². The average Bonchev–Trinajstić information content (AvgIpc) is 3.23. The van der Waals surface area contributed by atoms with Crippen LogP contribution in [0.25, 0.3) is 11.3 Å². The van der Waals surface area contributed by atoms with Gasteiger partial charge in [0.1, 0.15) is 11.6 Å². The molecule has 0 amide bonds. The van der Waals surface area contributed by atoms with E-state index in [1.165, 1.54) is 0 Å². The number of hydrogen-bond acceptors (Lipinski definition) is 3. The number of anilines is 1. The Morgan fingerprint density at radius 1 is 1.00 bits per heavy atom. The van der Waals surface area contributed by atoms with Crippen LogP contribution < -0.4 is 9.64 Å². The first-order valence-electron chi connectivity index (χ1n) is 8.38. The summed E-state index contributed by atoms with van der Waals surface area (Å²) in [4.78, 5) is 15.3. The molecule has 0 fully saturated rings. The highest BCUT2D eigenvalue weighted by molar-refractivity contribution is 6.13. The Balaban J connectivity index is 1.80. The van der Waals surface area contributed by atoms with Crippen molar-refractivity contribution >= 4 is 11.6 Å². The number of likely N-dealkylation sites (N-methyl/N-ethyl adjacent to an activating group) is 1. The molecular formula is C21H20N2O2. The number of aromatic nitrogens is 1. The van der Waals surface area contributed by atoms with Crippen LogP contribution in [0.1, 0.15) is 15.9 Å². The first-order valence-corrected chi connectivity index (χ1v) is 8.38. The number of carbonyl (C=O) groups is 1. The summed E-state index contributed by atoms with van der Waals surface area (Å²) in [6.07, 6.45) is 0. The van der Waals surface area contributed by atoms with E-state index in [1.54, 1.807) is 7.11 Å². The molecule has 3 aromatic rings. The molecule has 4 nitrogen and oxygen atoms in total. The molecule has 4 heteroatoms. The molecule has 2 aromatic carbocycles. The van der Waals surface area contributed by atoms with E-state index in [-0.39, 0.29) is 5.78 Å². The average molecular weight is 332 g/mol. The first-order chi connectivity index (χ1) is 12.2. The Labute approximate surface area is 147 Å². The Kier molecular flexibility index (Phi) is 3.80. The summed E-state index contributed by atoms with van der Waals surface area (Å²) in [6, 6.07) is 19.5. The van der Waals surface area contributed by atoms with E-state index in [0.29, 0.717) is 5.56 Å². The molecule has 0 unspecified atom stereocenters. The summed E-state index contributed by atoms with van der Waals surface area (Å²) < 4.78 is 7.43. The molecule has 4 rings (SSSR count). The molecule has 0 bridgehead atoms. The van der Waals surface area contributed by atoms with Crippen LogP contribution in [0.5, 0.6) is 5.75 Å². The van der Waals surface area contributed by atoms with Gasteiger partial charge >= 0.3 is 0 Å². The third-order valence-corrected chi connectivity index (χ3v) is 4.76. The van der Waals surface area contributed by atoms with Gasteiger partial charge in [-0.25, -0.2) is 0 Å². The van der Waals surface area contributed by atoms with Crippen molar-refractivity contribution in [1.29, 1.82) is 0 Å². The highest BCUT2D eigenvalue weighted by atomic mass is 16.5. The Bertz CT molecular complexity index is 911. The second-order valence-electron chi connectivity index (χ2n) is 6.26. The molecule has 0 aliphatic carbocycles. The zero-order valence-corrected chi connectivity index (χ0v) is 14.4. The Morgan fingerprint density at radius 2 is 1.72 bits per heavy atom. The highest BCUT2D eigenvalue weighted by Crippen LogP contribution is 2.36. The van der Waals surface area contributed by atoms with Crippen molar-refractivity contribution in [2.45, 2.75) is 6.54 Å². The van der Waals surface area contributed by atoms with E-state index >= 15 is 0 Å². The molecule has 0 radical (unpaired) electrons. The standard InChI is InChI=1S/C21H20N2O2/c1-22-12-13-23-19(15-6-4-3-5-7-15)14-18(21(22)23)20(24)16-8-10-17(25-2)11-9-16/h3-11,14H,12-13H2,1-2H3. The molecule has 0 spiro atoms. The number of hydrogen-bond donors (Lipinski definition) is 0. The van der Waals surface area contributed by atoms with Gasteiger partial charge in [-0.2, -0.15) is 0 Å². The minimum atomic E-state index is 0.0438. The van der Waals surface area contributed by atoms with Crippen LogP contribution in [0.4, 0.5) is 5.82 Å². The number of rotatable bonds is 4. The molecule has 25 heavy (non-hydrogen) atoms. The molecule has 1 aliphatic rings. The van der Waals surface area contributed by atoms with Gasteiger partial charge in [-0.15, -0.1) is 0 Å². The maximum absolute atomic E-state index is 13.1. The second-order valence-corrected chi connectivity index (χ2v) is 6.26. The van der Waals surface area contributed by atoms with Crippen LogP contribution in [0.2, 0.25) is 0 Å². The lowest BCUT2D eigenvalue weighted by molar-refractivity contribution is 0.103. The molecule has 2 heterocycles. The number of carbonyl (C=O) groups excluding carboxylic acids is 1. The third kappa shape index (κ3) is 2.60. The van der Waals surface area contributed by atoms with Crippen LogP contribution in [0, 0.1) is 0 Å². The Hall–Kier alpha value is -3.01. The van der Waals surface area contributed by atoms with Crippen LogP contribution in [0.3, 0.4) is 0 Å². The minimum Gasteiger partial charge on any atom is -0.497 e. The van der Waals surface area contributed by atoms with Crippen molar-refractivity contribution in [1.82, 2.24) is 4.57 Å². The third-order valence-electron chi connectivity index (χ3n) is 4.76. The van der Waals surface area contributed by atoms with Crippen LogP contribution >= 0.6 is 0 Å². The predicted molar refractivity (Wildman–Crippen MR) is 99.6 cm³/mol. The molecular weight excluding hydrogens is 312 g/mol. The van der Waals surface area contributed by atoms with Crippen LogP contribution in [-0.2, 0) is 6.54 Å². The summed E-state index contributed by atoms with van der Waals surface area (Å²) in [5.74, 6) is 1.79. The second kappa shape index (κ2) is 6.13. The summed E-state index contributed by atoms with van der Waals surface area (Å²) in [7, 11) is 3.66. The molecule has 126 valence electrons. The number of nitrogens with zero attached hydrogens (tertiary/aromatic N) is 2. The number of benzene rings is 2. The smallest absolute Gasteiger partial charge is 0.196 e. The fraction of sp³-hybridized carbons (Fsp3) is 0.190. The molecule has 0 atom stereocenters. The lowest BCUT2D eigenvalue weighted by Crippen LogP contribution is -2.15. The van der Waals surface area contributed by atoms with E-state index in [4.69, 9.17) is 4.74 Å². The van der Waals surface area contributed by atoms with Crippen molar-refractivity contribution < 1.29 is 9.53 Å². The van der Waals surface area contributed by atoms with Crippen LogP contribution in [-0.4, -0.2) is 31.1 Å². The van der Waals surface area contributed by atoms with E-state index in [9.17, 15) is 4.79 Å². The molecule has 0 N–H and O–H groups in total. The van der Waals surface area contributed by atoms with Gasteiger partial charge in [-0.3, -0.25) is 4.79 Å². The monoisotopic (exact) mass is 332 g/mol. The normalized spacial score (nSPS) is 13.0. The molecule has 0 saturated carbocycles. The zero-order chi connectivity index (χ0) is 17.4. The van der Waals surface area contributed by atoms with Crippen molar-refractivity contribution in [2.24, 2.45) is 0 Å². The summed E-state index contributed by atoms with van der Waals surface area (Å²) in [5.41, 5.74) is 3.66. The van der Waals surface area contributed by atoms with Gasteiger partial charge in [0.05, 0.1) is 18.4 Å². The lowest BCUT2D eigenvalue weighted by Gasteiger charge is -2.12. The maximum Gasteiger partial charge on any atom is 0.196 e.